The zero-order valence-electron chi connectivity index (χ0n) is 9.14. The molecule has 2 aromatic rings. The molecule has 4 heteroatoms. The second-order valence-electron chi connectivity index (χ2n) is 3.71. The average Bonchev–Trinajstić information content (AvgIpc) is 2.64. The van der Waals surface area contributed by atoms with Crippen molar-refractivity contribution < 1.29 is 9.90 Å². The Labute approximate surface area is 93.1 Å². The second-order valence-corrected chi connectivity index (χ2v) is 3.71. The van der Waals surface area contributed by atoms with Crippen molar-refractivity contribution in [2.45, 2.75) is 13.8 Å². The molecule has 4 nitrogen and oxygen atoms in total. The summed E-state index contributed by atoms with van der Waals surface area (Å²) >= 11 is 0. The minimum Gasteiger partial charge on any atom is -0.478 e. The maximum absolute atomic E-state index is 10.8. The molecule has 16 heavy (non-hydrogen) atoms. The number of carbonyl (C=O) groups is 1. The first kappa shape index (κ1) is 10.4. The van der Waals surface area contributed by atoms with E-state index in [-0.39, 0.29) is 0 Å². The zero-order chi connectivity index (χ0) is 11.7. The maximum atomic E-state index is 10.8. The highest BCUT2D eigenvalue weighted by Crippen LogP contribution is 2.15. The number of nitrogens with zero attached hydrogens (tertiary/aromatic N) is 2. The van der Waals surface area contributed by atoms with E-state index in [0.29, 0.717) is 5.56 Å². The van der Waals surface area contributed by atoms with Crippen molar-refractivity contribution >= 4 is 5.97 Å². The lowest BCUT2D eigenvalue weighted by Gasteiger charge is -2.06. The van der Waals surface area contributed by atoms with Gasteiger partial charge in [-0.2, -0.15) is 5.10 Å². The molecule has 0 aliphatic rings. The quantitative estimate of drug-likeness (QED) is 0.837. The monoisotopic (exact) mass is 216 g/mol. The third-order valence-electron chi connectivity index (χ3n) is 2.41. The fraction of sp³-hybridized carbons (Fsp3) is 0.167. The van der Waals surface area contributed by atoms with Gasteiger partial charge in [0.1, 0.15) is 0 Å². The summed E-state index contributed by atoms with van der Waals surface area (Å²) in [6, 6.07) is 6.91. The van der Waals surface area contributed by atoms with Crippen molar-refractivity contribution in [3.05, 3.63) is 47.3 Å². The molecule has 0 spiro atoms. The lowest BCUT2D eigenvalue weighted by Crippen LogP contribution is -2.02. The van der Waals surface area contributed by atoms with Gasteiger partial charge in [0, 0.05) is 6.20 Å². The van der Waals surface area contributed by atoms with Crippen molar-refractivity contribution in [2.75, 3.05) is 0 Å². The third kappa shape index (κ3) is 1.82. The molecule has 0 atom stereocenters. The van der Waals surface area contributed by atoms with Gasteiger partial charge in [0.05, 0.1) is 16.9 Å². The molecule has 0 saturated carbocycles. The highest BCUT2D eigenvalue weighted by atomic mass is 16.4. The molecule has 0 saturated heterocycles. The van der Waals surface area contributed by atoms with Gasteiger partial charge in [0.25, 0.3) is 0 Å². The second kappa shape index (κ2) is 3.81. The lowest BCUT2D eigenvalue weighted by atomic mass is 10.1. The highest BCUT2D eigenvalue weighted by Gasteiger charge is 2.07. The van der Waals surface area contributed by atoms with E-state index in [4.69, 9.17) is 5.11 Å². The molecule has 0 aliphatic heterocycles. The number of carboxylic acids is 1. The van der Waals surface area contributed by atoms with Crippen molar-refractivity contribution in [2.24, 2.45) is 0 Å². The zero-order valence-corrected chi connectivity index (χ0v) is 9.14. The Bertz CT molecular complexity index is 544. The van der Waals surface area contributed by atoms with E-state index in [9.17, 15) is 4.79 Å². The van der Waals surface area contributed by atoms with Crippen LogP contribution in [0, 0.1) is 13.8 Å². The minimum absolute atomic E-state index is 0.296. The number of rotatable bonds is 2. The van der Waals surface area contributed by atoms with E-state index in [1.54, 1.807) is 22.9 Å². The molecular weight excluding hydrogens is 204 g/mol. The van der Waals surface area contributed by atoms with Gasteiger partial charge in [0.15, 0.2) is 0 Å². The van der Waals surface area contributed by atoms with Gasteiger partial charge in [-0.05, 0) is 43.7 Å². The summed E-state index contributed by atoms with van der Waals surface area (Å²) in [5.74, 6) is -0.911. The molecule has 0 aliphatic carbocycles. The average molecular weight is 216 g/mol. The SMILES string of the molecule is Cc1ccn(-c2ccc(C(=O)O)cc2C)n1. The number of benzene rings is 1. The van der Waals surface area contributed by atoms with Gasteiger partial charge < -0.3 is 5.11 Å². The fourth-order valence-corrected chi connectivity index (χ4v) is 1.59. The maximum Gasteiger partial charge on any atom is 0.335 e. The predicted octanol–water partition coefficient (Wildman–Crippen LogP) is 2.19. The largest absolute Gasteiger partial charge is 0.478 e. The topological polar surface area (TPSA) is 55.1 Å². The number of hydrogen-bond acceptors (Lipinski definition) is 2. The molecule has 0 fully saturated rings. The molecule has 82 valence electrons. The van der Waals surface area contributed by atoms with Crippen LogP contribution in [0.15, 0.2) is 30.5 Å². The number of carboxylic acid groups (broad SMARTS) is 1. The Morgan fingerprint density at radius 2 is 2.06 bits per heavy atom. The van der Waals surface area contributed by atoms with E-state index < -0.39 is 5.97 Å². The van der Waals surface area contributed by atoms with Crippen molar-refractivity contribution in [1.29, 1.82) is 0 Å². The van der Waals surface area contributed by atoms with Crippen LogP contribution < -0.4 is 0 Å². The van der Waals surface area contributed by atoms with Gasteiger partial charge in [-0.3, -0.25) is 0 Å². The normalized spacial score (nSPS) is 10.4. The molecule has 0 amide bonds. The first-order valence-electron chi connectivity index (χ1n) is 4.94. The smallest absolute Gasteiger partial charge is 0.335 e. The fourth-order valence-electron chi connectivity index (χ4n) is 1.59. The number of hydrogen-bond donors (Lipinski definition) is 1. The van der Waals surface area contributed by atoms with Gasteiger partial charge in [-0.25, -0.2) is 9.48 Å². The molecule has 1 aromatic heterocycles. The van der Waals surface area contributed by atoms with E-state index in [0.717, 1.165) is 16.9 Å². The molecular formula is C12H12N2O2. The molecule has 1 N–H and O–H groups in total. The molecule has 0 unspecified atom stereocenters. The number of aromatic carboxylic acids is 1. The Morgan fingerprint density at radius 1 is 1.31 bits per heavy atom. The van der Waals surface area contributed by atoms with Crippen LogP contribution in [0.5, 0.6) is 0 Å². The third-order valence-corrected chi connectivity index (χ3v) is 2.41. The summed E-state index contributed by atoms with van der Waals surface area (Å²) in [6.07, 6.45) is 1.86. The predicted molar refractivity (Wildman–Crippen MR) is 60.0 cm³/mol. The summed E-state index contributed by atoms with van der Waals surface area (Å²) < 4.78 is 1.75. The lowest BCUT2D eigenvalue weighted by molar-refractivity contribution is 0.0697. The Kier molecular flexibility index (Phi) is 2.48. The Morgan fingerprint density at radius 3 is 2.56 bits per heavy atom. The first-order chi connectivity index (χ1) is 7.58. The van der Waals surface area contributed by atoms with Crippen LogP contribution in [0.25, 0.3) is 5.69 Å². The van der Waals surface area contributed by atoms with E-state index in [1.807, 2.05) is 26.1 Å². The summed E-state index contributed by atoms with van der Waals surface area (Å²) in [7, 11) is 0. The standard InChI is InChI=1S/C12H12N2O2/c1-8-7-10(12(15)16)3-4-11(8)14-6-5-9(2)13-14/h3-7H,1-2H3,(H,15,16). The molecule has 0 radical (unpaired) electrons. The van der Waals surface area contributed by atoms with Crippen LogP contribution in [-0.4, -0.2) is 20.9 Å². The van der Waals surface area contributed by atoms with Gasteiger partial charge >= 0.3 is 5.97 Å². The van der Waals surface area contributed by atoms with Crippen LogP contribution in [-0.2, 0) is 0 Å². The van der Waals surface area contributed by atoms with E-state index >= 15 is 0 Å². The van der Waals surface area contributed by atoms with Crippen LogP contribution >= 0.6 is 0 Å². The first-order valence-corrected chi connectivity index (χ1v) is 4.94. The molecule has 1 aromatic carbocycles. The Balaban J connectivity index is 2.47. The van der Waals surface area contributed by atoms with Gasteiger partial charge in [-0.1, -0.05) is 0 Å². The van der Waals surface area contributed by atoms with E-state index in [2.05, 4.69) is 5.10 Å². The number of aryl methyl sites for hydroxylation is 2. The van der Waals surface area contributed by atoms with Gasteiger partial charge in [0.2, 0.25) is 0 Å². The highest BCUT2D eigenvalue weighted by molar-refractivity contribution is 5.88. The molecule has 0 bridgehead atoms. The number of aromatic nitrogens is 2. The van der Waals surface area contributed by atoms with Gasteiger partial charge in [-0.15, -0.1) is 0 Å². The van der Waals surface area contributed by atoms with Crippen molar-refractivity contribution in [1.82, 2.24) is 9.78 Å². The van der Waals surface area contributed by atoms with E-state index in [1.165, 1.54) is 0 Å². The summed E-state index contributed by atoms with van der Waals surface area (Å²) in [5, 5.41) is 13.1. The summed E-state index contributed by atoms with van der Waals surface area (Å²) in [5.41, 5.74) is 3.02. The Hall–Kier alpha value is -2.10. The summed E-state index contributed by atoms with van der Waals surface area (Å²) in [4.78, 5) is 10.8. The van der Waals surface area contributed by atoms with Crippen LogP contribution in [0.1, 0.15) is 21.6 Å². The van der Waals surface area contributed by atoms with Crippen LogP contribution in [0.4, 0.5) is 0 Å². The van der Waals surface area contributed by atoms with Crippen molar-refractivity contribution in [3.8, 4) is 5.69 Å². The van der Waals surface area contributed by atoms with Crippen LogP contribution in [0.3, 0.4) is 0 Å². The van der Waals surface area contributed by atoms with Crippen molar-refractivity contribution in [3.63, 3.8) is 0 Å². The molecule has 2 rings (SSSR count). The minimum atomic E-state index is -0.911. The summed E-state index contributed by atoms with van der Waals surface area (Å²) in [6.45, 7) is 3.79. The molecule has 1 heterocycles. The van der Waals surface area contributed by atoms with Crippen LogP contribution in [0.2, 0.25) is 0 Å².